The Kier molecular flexibility index (Phi) is 6.18. The molecular weight excluding hydrogens is 236 g/mol. The molecule has 0 aromatic heterocycles. The van der Waals surface area contributed by atoms with Gasteiger partial charge in [0.05, 0.1) is 6.61 Å². The number of para-hydroxylation sites is 1. The van der Waals surface area contributed by atoms with E-state index in [1.54, 1.807) is 0 Å². The van der Waals surface area contributed by atoms with Crippen molar-refractivity contribution < 1.29 is 4.74 Å². The summed E-state index contributed by atoms with van der Waals surface area (Å²) in [6.07, 6.45) is 3.85. The first kappa shape index (κ1) is 14.4. The van der Waals surface area contributed by atoms with Crippen molar-refractivity contribution in [3.8, 4) is 0 Å². The van der Waals surface area contributed by atoms with Gasteiger partial charge in [0.15, 0.2) is 0 Å². The molecule has 0 saturated carbocycles. The van der Waals surface area contributed by atoms with Gasteiger partial charge in [-0.3, -0.25) is 0 Å². The third-order valence-corrected chi connectivity index (χ3v) is 3.76. The van der Waals surface area contributed by atoms with Gasteiger partial charge in [-0.2, -0.15) is 0 Å². The monoisotopic (exact) mass is 262 g/mol. The maximum absolute atomic E-state index is 5.27. The highest BCUT2D eigenvalue weighted by Gasteiger charge is 2.18. The molecule has 1 fully saturated rings. The number of likely N-dealkylation sites (tertiary alicyclic amines) is 1. The topological polar surface area (TPSA) is 24.5 Å². The second-order valence-corrected chi connectivity index (χ2v) is 5.41. The Labute approximate surface area is 116 Å². The summed E-state index contributed by atoms with van der Waals surface area (Å²) < 4.78 is 5.27. The van der Waals surface area contributed by atoms with Crippen molar-refractivity contribution >= 4 is 5.69 Å². The summed E-state index contributed by atoms with van der Waals surface area (Å²) in [5, 5.41) is 3.47. The van der Waals surface area contributed by atoms with Gasteiger partial charge in [-0.15, -0.1) is 0 Å². The average Bonchev–Trinajstić information content (AvgIpc) is 2.46. The van der Waals surface area contributed by atoms with Crippen molar-refractivity contribution in [1.82, 2.24) is 4.90 Å². The molecule has 0 amide bonds. The van der Waals surface area contributed by atoms with Crippen LogP contribution in [0.3, 0.4) is 0 Å². The van der Waals surface area contributed by atoms with E-state index >= 15 is 0 Å². The summed E-state index contributed by atoms with van der Waals surface area (Å²) in [7, 11) is 1.81. The van der Waals surface area contributed by atoms with Gasteiger partial charge < -0.3 is 15.0 Å². The molecule has 0 bridgehead atoms. The van der Waals surface area contributed by atoms with E-state index in [0.717, 1.165) is 19.1 Å². The molecule has 1 saturated heterocycles. The van der Waals surface area contributed by atoms with Gasteiger partial charge in [0.25, 0.3) is 0 Å². The second kappa shape index (κ2) is 8.18. The molecular formula is C16H26N2O. The van der Waals surface area contributed by atoms with Crippen LogP contribution in [0.1, 0.15) is 19.3 Å². The van der Waals surface area contributed by atoms with Crippen LogP contribution in [0.25, 0.3) is 0 Å². The lowest BCUT2D eigenvalue weighted by Crippen LogP contribution is -2.38. The standard InChI is InChI=1S/C16H26N2O/c1-19-14-15-7-5-11-18(13-15)12-6-10-17-16-8-3-2-4-9-16/h2-4,8-9,15,17H,5-7,10-14H2,1H3. The summed E-state index contributed by atoms with van der Waals surface area (Å²) in [5.74, 6) is 0.737. The SMILES string of the molecule is COCC1CCCN(CCCNc2ccccc2)C1. The van der Waals surface area contributed by atoms with Crippen molar-refractivity contribution in [2.24, 2.45) is 5.92 Å². The van der Waals surface area contributed by atoms with E-state index in [1.807, 2.05) is 7.11 Å². The van der Waals surface area contributed by atoms with E-state index in [9.17, 15) is 0 Å². The van der Waals surface area contributed by atoms with Crippen LogP contribution >= 0.6 is 0 Å². The van der Waals surface area contributed by atoms with Crippen LogP contribution in [-0.4, -0.2) is 44.8 Å². The molecule has 1 heterocycles. The van der Waals surface area contributed by atoms with E-state index in [-0.39, 0.29) is 0 Å². The fraction of sp³-hybridized carbons (Fsp3) is 0.625. The third kappa shape index (κ3) is 5.21. The molecule has 0 aliphatic carbocycles. The number of ether oxygens (including phenoxy) is 1. The van der Waals surface area contributed by atoms with Gasteiger partial charge in [-0.1, -0.05) is 18.2 Å². The number of rotatable bonds is 7. The Balaban J connectivity index is 1.60. The van der Waals surface area contributed by atoms with E-state index in [2.05, 4.69) is 40.5 Å². The first-order valence-electron chi connectivity index (χ1n) is 7.38. The molecule has 1 N–H and O–H groups in total. The molecule has 3 nitrogen and oxygen atoms in total. The number of nitrogens with zero attached hydrogens (tertiary/aromatic N) is 1. The number of methoxy groups -OCH3 is 1. The highest BCUT2D eigenvalue weighted by molar-refractivity contribution is 5.42. The van der Waals surface area contributed by atoms with Crippen LogP contribution in [0.15, 0.2) is 30.3 Å². The van der Waals surface area contributed by atoms with Crippen LogP contribution in [0, 0.1) is 5.92 Å². The number of piperidine rings is 1. The molecule has 106 valence electrons. The molecule has 1 atom stereocenters. The lowest BCUT2D eigenvalue weighted by Gasteiger charge is -2.32. The molecule has 1 aromatic carbocycles. The molecule has 1 aliphatic heterocycles. The lowest BCUT2D eigenvalue weighted by atomic mass is 9.99. The van der Waals surface area contributed by atoms with Crippen LogP contribution in [0.4, 0.5) is 5.69 Å². The van der Waals surface area contributed by atoms with Crippen molar-refractivity contribution in [3.05, 3.63) is 30.3 Å². The fourth-order valence-electron chi connectivity index (χ4n) is 2.82. The highest BCUT2D eigenvalue weighted by Crippen LogP contribution is 2.16. The summed E-state index contributed by atoms with van der Waals surface area (Å²) >= 11 is 0. The van der Waals surface area contributed by atoms with Gasteiger partial charge in [-0.25, -0.2) is 0 Å². The van der Waals surface area contributed by atoms with E-state index in [1.165, 1.54) is 44.6 Å². The largest absolute Gasteiger partial charge is 0.385 e. The molecule has 1 aliphatic rings. The maximum atomic E-state index is 5.27. The lowest BCUT2D eigenvalue weighted by molar-refractivity contribution is 0.0906. The van der Waals surface area contributed by atoms with Crippen LogP contribution in [0.5, 0.6) is 0 Å². The van der Waals surface area contributed by atoms with Crippen LogP contribution in [-0.2, 0) is 4.74 Å². The van der Waals surface area contributed by atoms with Crippen molar-refractivity contribution in [2.75, 3.05) is 45.2 Å². The number of hydrogen-bond donors (Lipinski definition) is 1. The Morgan fingerprint density at radius 3 is 2.95 bits per heavy atom. The van der Waals surface area contributed by atoms with Crippen molar-refractivity contribution in [3.63, 3.8) is 0 Å². The summed E-state index contributed by atoms with van der Waals surface area (Å²) in [6, 6.07) is 10.4. The van der Waals surface area contributed by atoms with Crippen LogP contribution < -0.4 is 5.32 Å². The quantitative estimate of drug-likeness (QED) is 0.765. The van der Waals surface area contributed by atoms with Gasteiger partial charge in [0, 0.05) is 25.9 Å². The molecule has 2 rings (SSSR count). The zero-order valence-corrected chi connectivity index (χ0v) is 12.0. The zero-order chi connectivity index (χ0) is 13.3. The zero-order valence-electron chi connectivity index (χ0n) is 12.0. The van der Waals surface area contributed by atoms with E-state index < -0.39 is 0 Å². The van der Waals surface area contributed by atoms with E-state index in [4.69, 9.17) is 4.74 Å². The number of nitrogens with one attached hydrogen (secondary N) is 1. The Morgan fingerprint density at radius 1 is 1.32 bits per heavy atom. The minimum absolute atomic E-state index is 0.737. The molecule has 0 radical (unpaired) electrons. The molecule has 19 heavy (non-hydrogen) atoms. The number of hydrogen-bond acceptors (Lipinski definition) is 3. The number of anilines is 1. The van der Waals surface area contributed by atoms with Gasteiger partial charge in [-0.05, 0) is 50.4 Å². The maximum Gasteiger partial charge on any atom is 0.0502 e. The van der Waals surface area contributed by atoms with Gasteiger partial charge in [0.1, 0.15) is 0 Å². The van der Waals surface area contributed by atoms with Crippen LogP contribution in [0.2, 0.25) is 0 Å². The van der Waals surface area contributed by atoms with Gasteiger partial charge >= 0.3 is 0 Å². The molecule has 1 unspecified atom stereocenters. The molecule has 0 spiro atoms. The summed E-state index contributed by atoms with van der Waals surface area (Å²) in [6.45, 7) is 5.62. The third-order valence-electron chi connectivity index (χ3n) is 3.76. The minimum atomic E-state index is 0.737. The molecule has 3 heteroatoms. The van der Waals surface area contributed by atoms with Crippen molar-refractivity contribution in [2.45, 2.75) is 19.3 Å². The van der Waals surface area contributed by atoms with Gasteiger partial charge in [0.2, 0.25) is 0 Å². The molecule has 1 aromatic rings. The van der Waals surface area contributed by atoms with Crippen molar-refractivity contribution in [1.29, 1.82) is 0 Å². The average molecular weight is 262 g/mol. The summed E-state index contributed by atoms with van der Waals surface area (Å²) in [4.78, 5) is 2.58. The Morgan fingerprint density at radius 2 is 2.16 bits per heavy atom. The first-order chi connectivity index (χ1) is 9.38. The fourth-order valence-corrected chi connectivity index (χ4v) is 2.82. The number of benzene rings is 1. The Hall–Kier alpha value is -1.06. The predicted octanol–water partition coefficient (Wildman–Crippen LogP) is 2.85. The highest BCUT2D eigenvalue weighted by atomic mass is 16.5. The first-order valence-corrected chi connectivity index (χ1v) is 7.38. The normalized spacial score (nSPS) is 20.4. The van der Waals surface area contributed by atoms with E-state index in [0.29, 0.717) is 0 Å². The summed E-state index contributed by atoms with van der Waals surface area (Å²) in [5.41, 5.74) is 1.22. The second-order valence-electron chi connectivity index (χ2n) is 5.41. The minimum Gasteiger partial charge on any atom is -0.385 e. The smallest absolute Gasteiger partial charge is 0.0502 e. The Bertz CT molecular complexity index is 340. The predicted molar refractivity (Wildman–Crippen MR) is 80.6 cm³/mol.